The molecule has 2 aliphatic heterocycles. The highest BCUT2D eigenvalue weighted by molar-refractivity contribution is 6.31. The van der Waals surface area contributed by atoms with Crippen LogP contribution in [0.1, 0.15) is 43.2 Å². The summed E-state index contributed by atoms with van der Waals surface area (Å²) in [6.45, 7) is 2.75. The first-order chi connectivity index (χ1) is 16.5. The lowest BCUT2D eigenvalue weighted by molar-refractivity contribution is -0.00119. The van der Waals surface area contributed by atoms with Gasteiger partial charge in [-0.1, -0.05) is 29.8 Å². The van der Waals surface area contributed by atoms with Crippen molar-refractivity contribution in [2.24, 2.45) is 0 Å². The van der Waals surface area contributed by atoms with Crippen molar-refractivity contribution in [3.05, 3.63) is 71.0 Å². The summed E-state index contributed by atoms with van der Waals surface area (Å²) in [5.41, 5.74) is 1.98. The molecule has 0 atom stereocenters. The normalized spacial score (nSPS) is 20.2. The Kier molecular flexibility index (Phi) is 5.34. The van der Waals surface area contributed by atoms with E-state index in [9.17, 15) is 9.18 Å². The number of aromatic nitrogens is 1. The largest absolute Gasteiger partial charge is 0.441 e. The number of carbonyl (C=O) groups is 1. The molecule has 3 fully saturated rings. The molecule has 3 aromatic rings. The van der Waals surface area contributed by atoms with Gasteiger partial charge in [-0.25, -0.2) is 14.2 Å². The molecule has 8 heteroatoms. The molecular weight excluding hydrogens is 457 g/mol. The van der Waals surface area contributed by atoms with Gasteiger partial charge >= 0.3 is 6.09 Å². The quantitative estimate of drug-likeness (QED) is 0.447. The number of halogens is 2. The van der Waals surface area contributed by atoms with Crippen LogP contribution in [0.2, 0.25) is 5.02 Å². The molecule has 0 unspecified atom stereocenters. The van der Waals surface area contributed by atoms with Crippen LogP contribution >= 0.6 is 11.6 Å². The Morgan fingerprint density at radius 2 is 1.88 bits per heavy atom. The Hall–Kier alpha value is -2.90. The summed E-state index contributed by atoms with van der Waals surface area (Å²) in [4.78, 5) is 21.4. The molecule has 6 rings (SSSR count). The Labute approximate surface area is 202 Å². The van der Waals surface area contributed by atoms with Crippen LogP contribution in [0, 0.1) is 5.82 Å². The van der Waals surface area contributed by atoms with Gasteiger partial charge < -0.3 is 9.15 Å². The SMILES string of the molecule is O=C1OC2(CCN(Cc3nc(C4CC4)oc3-c3ccc(F)c(Cl)c3)CC2)CN1c1ccccc1. The third-order valence-electron chi connectivity index (χ3n) is 7.00. The number of oxazole rings is 1. The molecule has 0 bridgehead atoms. The van der Waals surface area contributed by atoms with Crippen LogP contribution in [-0.4, -0.2) is 41.2 Å². The predicted octanol–water partition coefficient (Wildman–Crippen LogP) is 6.00. The number of nitrogens with zero attached hydrogens (tertiary/aromatic N) is 3. The number of hydrogen-bond acceptors (Lipinski definition) is 5. The Morgan fingerprint density at radius 1 is 1.12 bits per heavy atom. The zero-order valence-corrected chi connectivity index (χ0v) is 19.4. The van der Waals surface area contributed by atoms with Gasteiger partial charge in [0.1, 0.15) is 17.1 Å². The van der Waals surface area contributed by atoms with E-state index >= 15 is 0 Å². The molecule has 0 radical (unpaired) electrons. The smallest absolute Gasteiger partial charge is 0.415 e. The summed E-state index contributed by atoms with van der Waals surface area (Å²) >= 11 is 6.03. The summed E-state index contributed by atoms with van der Waals surface area (Å²) in [7, 11) is 0. The summed E-state index contributed by atoms with van der Waals surface area (Å²) < 4.78 is 25.7. The Bertz CT molecular complexity index is 1220. The molecule has 2 saturated heterocycles. The lowest BCUT2D eigenvalue weighted by Gasteiger charge is -2.37. The van der Waals surface area contributed by atoms with Crippen molar-refractivity contribution in [2.75, 3.05) is 24.5 Å². The Balaban J connectivity index is 1.17. The van der Waals surface area contributed by atoms with Gasteiger partial charge in [0.15, 0.2) is 11.7 Å². The van der Waals surface area contributed by atoms with Gasteiger partial charge in [-0.3, -0.25) is 9.80 Å². The number of benzene rings is 2. The van der Waals surface area contributed by atoms with E-state index in [1.807, 2.05) is 30.3 Å². The fourth-order valence-electron chi connectivity index (χ4n) is 4.87. The van der Waals surface area contributed by atoms with Gasteiger partial charge in [0.25, 0.3) is 0 Å². The van der Waals surface area contributed by atoms with Crippen LogP contribution in [0.4, 0.5) is 14.9 Å². The molecule has 1 aliphatic carbocycles. The monoisotopic (exact) mass is 481 g/mol. The summed E-state index contributed by atoms with van der Waals surface area (Å²) in [5, 5.41) is 0.0683. The lowest BCUT2D eigenvalue weighted by Crippen LogP contribution is -2.46. The first-order valence-electron chi connectivity index (χ1n) is 11.7. The van der Waals surface area contributed by atoms with Crippen LogP contribution in [0.5, 0.6) is 0 Å². The maximum absolute atomic E-state index is 13.7. The second kappa shape index (κ2) is 8.40. The number of ether oxygens (including phenoxy) is 1. The molecule has 1 amide bonds. The second-order valence-electron chi connectivity index (χ2n) is 9.48. The minimum absolute atomic E-state index is 0.0683. The highest BCUT2D eigenvalue weighted by atomic mass is 35.5. The molecule has 1 saturated carbocycles. The van der Waals surface area contributed by atoms with Crippen LogP contribution in [-0.2, 0) is 11.3 Å². The molecule has 2 aromatic carbocycles. The van der Waals surface area contributed by atoms with Crippen LogP contribution in [0.15, 0.2) is 52.9 Å². The van der Waals surface area contributed by atoms with Gasteiger partial charge in [0.2, 0.25) is 0 Å². The maximum Gasteiger partial charge on any atom is 0.415 e. The molecule has 0 N–H and O–H groups in total. The van der Waals surface area contributed by atoms with Crippen molar-refractivity contribution >= 4 is 23.4 Å². The predicted molar refractivity (Wildman–Crippen MR) is 126 cm³/mol. The zero-order valence-electron chi connectivity index (χ0n) is 18.7. The number of rotatable bonds is 5. The van der Waals surface area contributed by atoms with E-state index < -0.39 is 11.4 Å². The molecular formula is C26H25ClFN3O3. The molecule has 3 heterocycles. The molecule has 1 aromatic heterocycles. The second-order valence-corrected chi connectivity index (χ2v) is 9.89. The minimum atomic E-state index is -0.459. The van der Waals surface area contributed by atoms with E-state index in [-0.39, 0.29) is 11.1 Å². The minimum Gasteiger partial charge on any atom is -0.441 e. The van der Waals surface area contributed by atoms with Crippen molar-refractivity contribution in [3.63, 3.8) is 0 Å². The topological polar surface area (TPSA) is 58.8 Å². The maximum atomic E-state index is 13.7. The first kappa shape index (κ1) is 21.6. The number of anilines is 1. The standard InChI is InChI=1S/C26H25ClFN3O3/c27-20-14-18(8-9-21(20)28)23-22(29-24(33-23)17-6-7-17)15-30-12-10-26(11-13-30)16-31(25(32)34-26)19-4-2-1-3-5-19/h1-5,8-9,14,17H,6-7,10-13,15-16H2. The third kappa shape index (κ3) is 4.07. The molecule has 6 nitrogen and oxygen atoms in total. The fraction of sp³-hybridized carbons (Fsp3) is 0.385. The fourth-order valence-corrected chi connectivity index (χ4v) is 5.05. The van der Waals surface area contributed by atoms with Gasteiger partial charge in [-0.2, -0.15) is 0 Å². The van der Waals surface area contributed by atoms with Gasteiger partial charge in [-0.15, -0.1) is 0 Å². The number of likely N-dealkylation sites (tertiary alicyclic amines) is 1. The summed E-state index contributed by atoms with van der Waals surface area (Å²) in [5.74, 6) is 1.33. The highest BCUT2D eigenvalue weighted by Gasteiger charge is 2.47. The summed E-state index contributed by atoms with van der Waals surface area (Å²) in [6.07, 6.45) is 3.40. The lowest BCUT2D eigenvalue weighted by atomic mass is 9.91. The van der Waals surface area contributed by atoms with E-state index in [0.717, 1.165) is 61.6 Å². The zero-order chi connectivity index (χ0) is 23.3. The molecule has 1 spiro atoms. The third-order valence-corrected chi connectivity index (χ3v) is 7.29. The molecule has 3 aliphatic rings. The number of hydrogen-bond donors (Lipinski definition) is 0. The van der Waals surface area contributed by atoms with E-state index in [0.29, 0.717) is 24.8 Å². The number of carbonyl (C=O) groups excluding carboxylic acids is 1. The van der Waals surface area contributed by atoms with E-state index in [1.165, 1.54) is 6.07 Å². The van der Waals surface area contributed by atoms with Crippen LogP contribution < -0.4 is 4.90 Å². The highest BCUT2D eigenvalue weighted by Crippen LogP contribution is 2.42. The number of amides is 1. The van der Waals surface area contributed by atoms with Crippen LogP contribution in [0.25, 0.3) is 11.3 Å². The van der Waals surface area contributed by atoms with Gasteiger partial charge in [0, 0.05) is 49.6 Å². The van der Waals surface area contributed by atoms with Crippen molar-refractivity contribution in [1.82, 2.24) is 9.88 Å². The molecule has 34 heavy (non-hydrogen) atoms. The van der Waals surface area contributed by atoms with Crippen molar-refractivity contribution in [1.29, 1.82) is 0 Å². The van der Waals surface area contributed by atoms with E-state index in [2.05, 4.69) is 4.90 Å². The van der Waals surface area contributed by atoms with E-state index in [4.69, 9.17) is 25.7 Å². The first-order valence-corrected chi connectivity index (χ1v) is 12.1. The average molecular weight is 482 g/mol. The average Bonchev–Trinajstić information content (AvgIpc) is 3.54. The van der Waals surface area contributed by atoms with Crippen LogP contribution in [0.3, 0.4) is 0 Å². The van der Waals surface area contributed by atoms with Gasteiger partial charge in [-0.05, 0) is 43.2 Å². The van der Waals surface area contributed by atoms with Crippen molar-refractivity contribution in [3.8, 4) is 11.3 Å². The molecule has 176 valence electrons. The Morgan fingerprint density at radius 3 is 2.59 bits per heavy atom. The van der Waals surface area contributed by atoms with E-state index in [1.54, 1.807) is 17.0 Å². The van der Waals surface area contributed by atoms with Crippen molar-refractivity contribution < 1.29 is 18.3 Å². The van der Waals surface area contributed by atoms with Gasteiger partial charge in [0.05, 0.1) is 11.6 Å². The number of piperidine rings is 1. The van der Waals surface area contributed by atoms with Crippen molar-refractivity contribution in [2.45, 2.75) is 43.7 Å². The number of para-hydroxylation sites is 1. The summed E-state index contributed by atoms with van der Waals surface area (Å²) in [6, 6.07) is 14.3.